The second-order valence-electron chi connectivity index (χ2n) is 3.52. The predicted molar refractivity (Wildman–Crippen MR) is 59.1 cm³/mol. The molecule has 0 aliphatic heterocycles. The molecule has 0 N–H and O–H groups in total. The highest BCUT2D eigenvalue weighted by molar-refractivity contribution is 5.87. The molecule has 0 bridgehead atoms. The summed E-state index contributed by atoms with van der Waals surface area (Å²) in [5, 5.41) is 0. The summed E-state index contributed by atoms with van der Waals surface area (Å²) in [6, 6.07) is 0. The molecule has 0 aromatic heterocycles. The van der Waals surface area contributed by atoms with Gasteiger partial charge in [0.1, 0.15) is 6.10 Å². The maximum Gasteiger partial charge on any atom is 0.333 e. The fourth-order valence-electron chi connectivity index (χ4n) is 1.30. The summed E-state index contributed by atoms with van der Waals surface area (Å²) in [4.78, 5) is 11.5. The molecule has 2 heteroatoms. The number of carbonyl (C=O) groups is 1. The van der Waals surface area contributed by atoms with E-state index in [0.29, 0.717) is 0 Å². The van der Waals surface area contributed by atoms with Crippen LogP contribution in [0.15, 0.2) is 11.6 Å². The fourth-order valence-corrected chi connectivity index (χ4v) is 1.30. The van der Waals surface area contributed by atoms with Crippen molar-refractivity contribution in [2.75, 3.05) is 0 Å². The second kappa shape index (κ2) is 7.60. The summed E-state index contributed by atoms with van der Waals surface area (Å²) in [6.07, 6.45) is 5.79. The van der Waals surface area contributed by atoms with Gasteiger partial charge < -0.3 is 4.74 Å². The first-order chi connectivity index (χ1) is 6.65. The normalized spacial score (nSPS) is 13.9. The highest BCUT2D eigenvalue weighted by Gasteiger charge is 2.12. The van der Waals surface area contributed by atoms with Crippen LogP contribution in [0.5, 0.6) is 0 Å². The molecule has 82 valence electrons. The summed E-state index contributed by atoms with van der Waals surface area (Å²) < 4.78 is 5.35. The minimum absolute atomic E-state index is 0.0905. The highest BCUT2D eigenvalue weighted by atomic mass is 16.5. The minimum atomic E-state index is -0.160. The van der Waals surface area contributed by atoms with Crippen LogP contribution in [0.4, 0.5) is 0 Å². The molecule has 0 saturated carbocycles. The summed E-state index contributed by atoms with van der Waals surface area (Å²) >= 11 is 0. The van der Waals surface area contributed by atoms with E-state index in [-0.39, 0.29) is 12.1 Å². The van der Waals surface area contributed by atoms with Crippen molar-refractivity contribution in [3.63, 3.8) is 0 Å². The molecule has 0 aromatic carbocycles. The smallest absolute Gasteiger partial charge is 0.333 e. The molecule has 1 atom stereocenters. The van der Waals surface area contributed by atoms with Crippen molar-refractivity contribution in [2.24, 2.45) is 0 Å². The Morgan fingerprint density at radius 1 is 1.36 bits per heavy atom. The van der Waals surface area contributed by atoms with Crippen LogP contribution in [0.2, 0.25) is 0 Å². The SMILES string of the molecule is CC/C=C(\C)C(=O)OC(CC)CCC. The molecular formula is C12H22O2. The first-order valence-electron chi connectivity index (χ1n) is 5.53. The van der Waals surface area contributed by atoms with E-state index in [1.54, 1.807) is 0 Å². The lowest BCUT2D eigenvalue weighted by molar-refractivity contribution is -0.144. The van der Waals surface area contributed by atoms with Crippen LogP contribution in [-0.2, 0) is 9.53 Å². The van der Waals surface area contributed by atoms with E-state index in [2.05, 4.69) is 6.92 Å². The summed E-state index contributed by atoms with van der Waals surface area (Å²) in [5.74, 6) is -0.160. The van der Waals surface area contributed by atoms with Crippen molar-refractivity contribution < 1.29 is 9.53 Å². The lowest BCUT2D eigenvalue weighted by atomic mass is 10.1. The minimum Gasteiger partial charge on any atom is -0.459 e. The van der Waals surface area contributed by atoms with Gasteiger partial charge in [-0.25, -0.2) is 4.79 Å². The Morgan fingerprint density at radius 2 is 2.00 bits per heavy atom. The van der Waals surface area contributed by atoms with E-state index in [1.807, 2.05) is 26.8 Å². The van der Waals surface area contributed by atoms with Crippen LogP contribution >= 0.6 is 0 Å². The average molecular weight is 198 g/mol. The van der Waals surface area contributed by atoms with Gasteiger partial charge in [-0.1, -0.05) is 33.3 Å². The zero-order valence-corrected chi connectivity index (χ0v) is 9.80. The highest BCUT2D eigenvalue weighted by Crippen LogP contribution is 2.09. The molecule has 2 nitrogen and oxygen atoms in total. The third-order valence-corrected chi connectivity index (χ3v) is 2.17. The van der Waals surface area contributed by atoms with E-state index in [4.69, 9.17) is 4.74 Å². The summed E-state index contributed by atoms with van der Waals surface area (Å²) in [5.41, 5.74) is 0.724. The second-order valence-corrected chi connectivity index (χ2v) is 3.52. The van der Waals surface area contributed by atoms with Crippen LogP contribution in [0.25, 0.3) is 0 Å². The molecular weight excluding hydrogens is 176 g/mol. The number of allylic oxidation sites excluding steroid dienone is 1. The molecule has 0 aliphatic carbocycles. The van der Waals surface area contributed by atoms with E-state index in [9.17, 15) is 4.79 Å². The number of esters is 1. The third kappa shape index (κ3) is 5.05. The van der Waals surface area contributed by atoms with Gasteiger partial charge >= 0.3 is 5.97 Å². The maximum absolute atomic E-state index is 11.5. The summed E-state index contributed by atoms with van der Waals surface area (Å²) in [6.45, 7) is 7.97. The van der Waals surface area contributed by atoms with Crippen LogP contribution in [0, 0.1) is 0 Å². The standard InChI is InChI=1S/C12H22O2/c1-5-8-10(4)12(13)14-11(7-3)9-6-2/h8,11H,5-7,9H2,1-4H3/b10-8+. The van der Waals surface area contributed by atoms with Crippen LogP contribution < -0.4 is 0 Å². The van der Waals surface area contributed by atoms with E-state index in [1.165, 1.54) is 0 Å². The molecule has 0 aliphatic rings. The molecule has 0 rings (SSSR count). The van der Waals surface area contributed by atoms with Gasteiger partial charge in [-0.3, -0.25) is 0 Å². The molecule has 0 radical (unpaired) electrons. The quantitative estimate of drug-likeness (QED) is 0.482. The molecule has 0 spiro atoms. The zero-order valence-electron chi connectivity index (χ0n) is 9.80. The Bertz CT molecular complexity index is 194. The van der Waals surface area contributed by atoms with Crippen molar-refractivity contribution in [1.29, 1.82) is 0 Å². The lowest BCUT2D eigenvalue weighted by Gasteiger charge is -2.15. The Labute approximate surface area is 87.3 Å². The van der Waals surface area contributed by atoms with Gasteiger partial charge in [-0.15, -0.1) is 0 Å². The van der Waals surface area contributed by atoms with Crippen molar-refractivity contribution in [3.8, 4) is 0 Å². The van der Waals surface area contributed by atoms with Gasteiger partial charge in [-0.2, -0.15) is 0 Å². The Morgan fingerprint density at radius 3 is 2.43 bits per heavy atom. The molecule has 0 fully saturated rings. The molecule has 14 heavy (non-hydrogen) atoms. The Balaban J connectivity index is 4.08. The van der Waals surface area contributed by atoms with Crippen LogP contribution in [-0.4, -0.2) is 12.1 Å². The Hall–Kier alpha value is -0.790. The average Bonchev–Trinajstić information content (AvgIpc) is 2.17. The van der Waals surface area contributed by atoms with Crippen LogP contribution in [0.1, 0.15) is 53.4 Å². The van der Waals surface area contributed by atoms with Gasteiger partial charge in [-0.05, 0) is 26.2 Å². The number of ether oxygens (including phenoxy) is 1. The maximum atomic E-state index is 11.5. The monoisotopic (exact) mass is 198 g/mol. The number of rotatable bonds is 6. The van der Waals surface area contributed by atoms with E-state index < -0.39 is 0 Å². The number of hydrogen-bond acceptors (Lipinski definition) is 2. The van der Waals surface area contributed by atoms with Crippen molar-refractivity contribution >= 4 is 5.97 Å². The molecule has 0 amide bonds. The lowest BCUT2D eigenvalue weighted by Crippen LogP contribution is -2.17. The van der Waals surface area contributed by atoms with Crippen molar-refractivity contribution in [3.05, 3.63) is 11.6 Å². The largest absolute Gasteiger partial charge is 0.459 e. The van der Waals surface area contributed by atoms with Crippen molar-refractivity contribution in [1.82, 2.24) is 0 Å². The van der Waals surface area contributed by atoms with Gasteiger partial charge in [0, 0.05) is 5.57 Å². The molecule has 0 saturated heterocycles. The molecule has 1 unspecified atom stereocenters. The Kier molecular flexibility index (Phi) is 7.17. The summed E-state index contributed by atoms with van der Waals surface area (Å²) in [7, 11) is 0. The third-order valence-electron chi connectivity index (χ3n) is 2.17. The molecule has 0 heterocycles. The molecule has 0 aromatic rings. The number of hydrogen-bond donors (Lipinski definition) is 0. The first-order valence-corrected chi connectivity index (χ1v) is 5.53. The topological polar surface area (TPSA) is 26.3 Å². The van der Waals surface area contributed by atoms with Gasteiger partial charge in [0.15, 0.2) is 0 Å². The fraction of sp³-hybridized carbons (Fsp3) is 0.750. The van der Waals surface area contributed by atoms with Crippen LogP contribution in [0.3, 0.4) is 0 Å². The van der Waals surface area contributed by atoms with E-state index >= 15 is 0 Å². The number of carbonyl (C=O) groups excluding carboxylic acids is 1. The predicted octanol–water partition coefficient (Wildman–Crippen LogP) is 3.46. The first kappa shape index (κ1) is 13.2. The van der Waals surface area contributed by atoms with E-state index in [0.717, 1.165) is 31.3 Å². The van der Waals surface area contributed by atoms with Gasteiger partial charge in [0.2, 0.25) is 0 Å². The van der Waals surface area contributed by atoms with Gasteiger partial charge in [0.25, 0.3) is 0 Å². The zero-order chi connectivity index (χ0) is 11.0. The van der Waals surface area contributed by atoms with Crippen molar-refractivity contribution in [2.45, 2.75) is 59.5 Å². The van der Waals surface area contributed by atoms with Gasteiger partial charge in [0.05, 0.1) is 0 Å².